The van der Waals surface area contributed by atoms with Crippen molar-refractivity contribution < 1.29 is 14.6 Å². The van der Waals surface area contributed by atoms with Gasteiger partial charge >= 0.3 is 5.97 Å². The quantitative estimate of drug-likeness (QED) is 0.807. The smallest absolute Gasteiger partial charge is 0.335 e. The Balaban J connectivity index is 2.35. The SMILES string of the molecule is Cc1ccc(Oc2cc(Br)cc(C(=O)O)c2)c(Br)c1. The van der Waals surface area contributed by atoms with E-state index in [0.717, 1.165) is 10.0 Å². The number of carboxylic acids is 1. The summed E-state index contributed by atoms with van der Waals surface area (Å²) >= 11 is 6.69. The summed E-state index contributed by atoms with van der Waals surface area (Å²) in [7, 11) is 0. The molecule has 0 radical (unpaired) electrons. The zero-order valence-corrected chi connectivity index (χ0v) is 13.2. The molecule has 0 aromatic heterocycles. The van der Waals surface area contributed by atoms with Gasteiger partial charge in [-0.25, -0.2) is 4.79 Å². The lowest BCUT2D eigenvalue weighted by Crippen LogP contribution is -1.97. The number of aromatic carboxylic acids is 1. The number of aryl methyl sites for hydroxylation is 1. The summed E-state index contributed by atoms with van der Waals surface area (Å²) in [6, 6.07) is 10.4. The first-order valence-electron chi connectivity index (χ1n) is 5.43. The molecule has 0 spiro atoms. The molecule has 0 saturated heterocycles. The second-order valence-corrected chi connectivity index (χ2v) is 5.79. The van der Waals surface area contributed by atoms with Crippen molar-refractivity contribution in [1.82, 2.24) is 0 Å². The van der Waals surface area contributed by atoms with E-state index in [2.05, 4.69) is 31.9 Å². The van der Waals surface area contributed by atoms with Crippen LogP contribution in [-0.2, 0) is 0 Å². The fourth-order valence-corrected chi connectivity index (χ4v) is 2.61. The van der Waals surface area contributed by atoms with Crippen molar-refractivity contribution >= 4 is 37.8 Å². The lowest BCUT2D eigenvalue weighted by molar-refractivity contribution is 0.0696. The highest BCUT2D eigenvalue weighted by atomic mass is 79.9. The van der Waals surface area contributed by atoms with Crippen LogP contribution in [0.2, 0.25) is 0 Å². The molecule has 0 unspecified atom stereocenters. The molecule has 0 heterocycles. The van der Waals surface area contributed by atoms with Crippen molar-refractivity contribution in [3.8, 4) is 11.5 Å². The van der Waals surface area contributed by atoms with Gasteiger partial charge in [0.05, 0.1) is 10.0 Å². The Morgan fingerprint density at radius 1 is 1.16 bits per heavy atom. The maximum absolute atomic E-state index is 11.0. The number of carboxylic acid groups (broad SMARTS) is 1. The van der Waals surface area contributed by atoms with E-state index in [4.69, 9.17) is 9.84 Å². The molecule has 0 aliphatic heterocycles. The second-order valence-electron chi connectivity index (χ2n) is 4.02. The fraction of sp³-hybridized carbons (Fsp3) is 0.0714. The molecule has 5 heteroatoms. The van der Waals surface area contributed by atoms with Crippen LogP contribution in [0.4, 0.5) is 0 Å². The van der Waals surface area contributed by atoms with Gasteiger partial charge in [0, 0.05) is 4.47 Å². The van der Waals surface area contributed by atoms with E-state index in [9.17, 15) is 4.79 Å². The van der Waals surface area contributed by atoms with E-state index in [-0.39, 0.29) is 5.56 Å². The van der Waals surface area contributed by atoms with Crippen molar-refractivity contribution in [2.24, 2.45) is 0 Å². The number of rotatable bonds is 3. The average Bonchev–Trinajstić information content (AvgIpc) is 2.32. The third kappa shape index (κ3) is 3.58. The van der Waals surface area contributed by atoms with E-state index in [0.29, 0.717) is 16.0 Å². The van der Waals surface area contributed by atoms with Gasteiger partial charge in [-0.05, 0) is 58.7 Å². The highest BCUT2D eigenvalue weighted by molar-refractivity contribution is 9.10. The molecule has 3 nitrogen and oxygen atoms in total. The zero-order chi connectivity index (χ0) is 14.0. The predicted molar refractivity (Wildman–Crippen MR) is 80.1 cm³/mol. The van der Waals surface area contributed by atoms with Crippen molar-refractivity contribution in [1.29, 1.82) is 0 Å². The van der Waals surface area contributed by atoms with Crippen molar-refractivity contribution in [2.45, 2.75) is 6.92 Å². The molecule has 0 aliphatic carbocycles. The van der Waals surface area contributed by atoms with E-state index in [1.807, 2.05) is 25.1 Å². The molecule has 2 aromatic carbocycles. The van der Waals surface area contributed by atoms with E-state index in [1.165, 1.54) is 12.1 Å². The predicted octanol–water partition coefficient (Wildman–Crippen LogP) is 5.01. The van der Waals surface area contributed by atoms with Gasteiger partial charge in [0.15, 0.2) is 0 Å². The van der Waals surface area contributed by atoms with Gasteiger partial charge in [-0.15, -0.1) is 0 Å². The summed E-state index contributed by atoms with van der Waals surface area (Å²) < 4.78 is 7.18. The molecular weight excluding hydrogens is 376 g/mol. The highest BCUT2D eigenvalue weighted by Gasteiger charge is 2.09. The molecule has 0 fully saturated rings. The Hall–Kier alpha value is -1.33. The monoisotopic (exact) mass is 384 g/mol. The maximum Gasteiger partial charge on any atom is 0.335 e. The normalized spacial score (nSPS) is 10.3. The number of halogens is 2. The second kappa shape index (κ2) is 5.75. The third-order valence-electron chi connectivity index (χ3n) is 2.43. The summed E-state index contributed by atoms with van der Waals surface area (Å²) in [6.45, 7) is 1.98. The fourth-order valence-electron chi connectivity index (χ4n) is 1.56. The number of hydrogen-bond acceptors (Lipinski definition) is 2. The molecule has 0 amide bonds. The van der Waals surface area contributed by atoms with Crippen molar-refractivity contribution in [3.05, 3.63) is 56.5 Å². The van der Waals surface area contributed by atoms with Crippen LogP contribution in [0.25, 0.3) is 0 Å². The molecular formula is C14H10Br2O3. The van der Waals surface area contributed by atoms with Crippen LogP contribution in [0.1, 0.15) is 15.9 Å². The Labute approximate surface area is 127 Å². The van der Waals surface area contributed by atoms with Gasteiger partial charge in [-0.1, -0.05) is 22.0 Å². The number of carbonyl (C=O) groups is 1. The molecule has 1 N–H and O–H groups in total. The number of benzene rings is 2. The Morgan fingerprint density at radius 3 is 2.53 bits per heavy atom. The molecule has 2 rings (SSSR count). The van der Waals surface area contributed by atoms with Crippen LogP contribution < -0.4 is 4.74 Å². The van der Waals surface area contributed by atoms with Crippen molar-refractivity contribution in [2.75, 3.05) is 0 Å². The molecule has 19 heavy (non-hydrogen) atoms. The first kappa shape index (κ1) is 14.1. The number of hydrogen-bond donors (Lipinski definition) is 1. The average molecular weight is 386 g/mol. The molecule has 0 saturated carbocycles. The van der Waals surface area contributed by atoms with E-state index < -0.39 is 5.97 Å². The zero-order valence-electron chi connectivity index (χ0n) is 9.98. The summed E-state index contributed by atoms with van der Waals surface area (Å²) in [5.41, 5.74) is 1.28. The molecule has 0 bridgehead atoms. The maximum atomic E-state index is 11.0. The standard InChI is InChI=1S/C14H10Br2O3/c1-8-2-3-13(12(16)4-8)19-11-6-9(14(17)18)5-10(15)7-11/h2-7H,1H3,(H,17,18). The van der Waals surface area contributed by atoms with Crippen LogP contribution >= 0.6 is 31.9 Å². The van der Waals surface area contributed by atoms with Crippen molar-refractivity contribution in [3.63, 3.8) is 0 Å². The van der Waals surface area contributed by atoms with Crippen LogP contribution in [0.3, 0.4) is 0 Å². The summed E-state index contributed by atoms with van der Waals surface area (Å²) in [5.74, 6) is 0.116. The lowest BCUT2D eigenvalue weighted by Gasteiger charge is -2.09. The molecule has 0 atom stereocenters. The van der Waals surface area contributed by atoms with Crippen LogP contribution in [0.15, 0.2) is 45.3 Å². The van der Waals surface area contributed by atoms with Crippen LogP contribution in [-0.4, -0.2) is 11.1 Å². The minimum atomic E-state index is -0.992. The van der Waals surface area contributed by atoms with Gasteiger partial charge in [0.25, 0.3) is 0 Å². The summed E-state index contributed by atoms with van der Waals surface area (Å²) in [5, 5.41) is 9.01. The minimum absolute atomic E-state index is 0.174. The summed E-state index contributed by atoms with van der Waals surface area (Å²) in [6.07, 6.45) is 0. The van der Waals surface area contributed by atoms with Crippen LogP contribution in [0.5, 0.6) is 11.5 Å². The van der Waals surface area contributed by atoms with Gasteiger partial charge in [-0.3, -0.25) is 0 Å². The largest absolute Gasteiger partial charge is 0.478 e. The van der Waals surface area contributed by atoms with E-state index >= 15 is 0 Å². The summed E-state index contributed by atoms with van der Waals surface area (Å²) in [4.78, 5) is 11.0. The van der Waals surface area contributed by atoms with Gasteiger partial charge in [0.2, 0.25) is 0 Å². The Kier molecular flexibility index (Phi) is 4.27. The van der Waals surface area contributed by atoms with Gasteiger partial charge in [-0.2, -0.15) is 0 Å². The first-order chi connectivity index (χ1) is 8.95. The van der Waals surface area contributed by atoms with Gasteiger partial charge < -0.3 is 9.84 Å². The minimum Gasteiger partial charge on any atom is -0.478 e. The third-order valence-corrected chi connectivity index (χ3v) is 3.51. The van der Waals surface area contributed by atoms with Gasteiger partial charge in [0.1, 0.15) is 11.5 Å². The molecule has 0 aliphatic rings. The number of ether oxygens (including phenoxy) is 1. The molecule has 2 aromatic rings. The lowest BCUT2D eigenvalue weighted by atomic mass is 10.2. The first-order valence-corrected chi connectivity index (χ1v) is 7.02. The Bertz CT molecular complexity index is 639. The molecule has 98 valence electrons. The van der Waals surface area contributed by atoms with E-state index in [1.54, 1.807) is 6.07 Å². The van der Waals surface area contributed by atoms with Crippen LogP contribution in [0, 0.1) is 6.92 Å². The topological polar surface area (TPSA) is 46.5 Å². The Morgan fingerprint density at radius 2 is 1.89 bits per heavy atom. The highest BCUT2D eigenvalue weighted by Crippen LogP contribution is 2.32.